The number of nitrogens with two attached hydrogens (primary N) is 1. The van der Waals surface area contributed by atoms with Gasteiger partial charge in [0.15, 0.2) is 0 Å². The number of hydrogen-bond acceptors (Lipinski definition) is 4. The van der Waals surface area contributed by atoms with Gasteiger partial charge in [0.25, 0.3) is 5.91 Å². The van der Waals surface area contributed by atoms with Crippen molar-refractivity contribution in [1.82, 2.24) is 14.8 Å². The van der Waals surface area contributed by atoms with Crippen molar-refractivity contribution in [3.05, 3.63) is 36.0 Å². The van der Waals surface area contributed by atoms with Crippen molar-refractivity contribution in [3.8, 4) is 0 Å². The molecule has 0 saturated carbocycles. The van der Waals surface area contributed by atoms with Crippen molar-refractivity contribution >= 4 is 28.4 Å². The highest BCUT2D eigenvalue weighted by Gasteiger charge is 2.26. The summed E-state index contributed by atoms with van der Waals surface area (Å²) in [7, 11) is 1.74. The lowest BCUT2D eigenvalue weighted by molar-refractivity contribution is -0.133. The van der Waals surface area contributed by atoms with E-state index in [1.807, 2.05) is 24.3 Å². The highest BCUT2D eigenvalue weighted by atomic mass is 16.2. The SMILES string of the molecule is CN1CCN(C(=O)c2cnc(N)c3ccccc23)CC1=O. The Morgan fingerprint density at radius 1 is 1.24 bits per heavy atom. The molecule has 0 aliphatic carbocycles. The van der Waals surface area contributed by atoms with Crippen LogP contribution in [0.25, 0.3) is 10.8 Å². The fourth-order valence-corrected chi connectivity index (χ4v) is 2.49. The molecule has 6 heteroatoms. The van der Waals surface area contributed by atoms with Gasteiger partial charge in [-0.05, 0) is 5.39 Å². The number of carbonyl (C=O) groups excluding carboxylic acids is 2. The number of hydrogen-bond donors (Lipinski definition) is 1. The van der Waals surface area contributed by atoms with Gasteiger partial charge in [0.1, 0.15) is 12.4 Å². The summed E-state index contributed by atoms with van der Waals surface area (Å²) in [5.41, 5.74) is 6.33. The topological polar surface area (TPSA) is 79.5 Å². The molecule has 1 aromatic heterocycles. The first kappa shape index (κ1) is 13.4. The number of pyridine rings is 1. The molecule has 6 nitrogen and oxygen atoms in total. The highest BCUT2D eigenvalue weighted by Crippen LogP contribution is 2.23. The van der Waals surface area contributed by atoms with E-state index in [0.29, 0.717) is 24.5 Å². The fourth-order valence-electron chi connectivity index (χ4n) is 2.49. The monoisotopic (exact) mass is 284 g/mol. The first-order valence-corrected chi connectivity index (χ1v) is 6.74. The summed E-state index contributed by atoms with van der Waals surface area (Å²) in [6.07, 6.45) is 1.49. The molecule has 1 saturated heterocycles. The molecule has 2 N–H and O–H groups in total. The third kappa shape index (κ3) is 2.29. The molecule has 2 aromatic rings. The minimum atomic E-state index is -0.180. The first-order valence-electron chi connectivity index (χ1n) is 6.74. The van der Waals surface area contributed by atoms with E-state index in [4.69, 9.17) is 5.73 Å². The number of benzene rings is 1. The Kier molecular flexibility index (Phi) is 3.21. The molecule has 2 heterocycles. The lowest BCUT2D eigenvalue weighted by Gasteiger charge is -2.32. The second-order valence-corrected chi connectivity index (χ2v) is 5.14. The van der Waals surface area contributed by atoms with Crippen LogP contribution in [0, 0.1) is 0 Å². The van der Waals surface area contributed by atoms with Gasteiger partial charge in [-0.15, -0.1) is 0 Å². The van der Waals surface area contributed by atoms with Gasteiger partial charge in [-0.25, -0.2) is 4.98 Å². The Hall–Kier alpha value is -2.63. The Balaban J connectivity index is 1.99. The average Bonchev–Trinajstić information content (AvgIpc) is 2.50. The molecule has 108 valence electrons. The van der Waals surface area contributed by atoms with Crippen LogP contribution in [0.4, 0.5) is 5.82 Å². The number of nitrogens with zero attached hydrogens (tertiary/aromatic N) is 3. The molecule has 0 spiro atoms. The molecule has 1 aliphatic rings. The Morgan fingerprint density at radius 2 is 1.95 bits per heavy atom. The number of carbonyl (C=O) groups is 2. The summed E-state index contributed by atoms with van der Waals surface area (Å²) in [5.74, 6) is 0.166. The zero-order valence-electron chi connectivity index (χ0n) is 11.7. The van der Waals surface area contributed by atoms with Crippen LogP contribution < -0.4 is 5.73 Å². The molecule has 1 aromatic carbocycles. The maximum absolute atomic E-state index is 12.7. The first-order chi connectivity index (χ1) is 10.1. The van der Waals surface area contributed by atoms with E-state index in [1.54, 1.807) is 16.8 Å². The van der Waals surface area contributed by atoms with Crippen LogP contribution >= 0.6 is 0 Å². The molecule has 1 fully saturated rings. The Morgan fingerprint density at radius 3 is 2.67 bits per heavy atom. The average molecular weight is 284 g/mol. The van der Waals surface area contributed by atoms with Crippen molar-refractivity contribution in [2.24, 2.45) is 0 Å². The molecular weight excluding hydrogens is 268 g/mol. The van der Waals surface area contributed by atoms with Crippen molar-refractivity contribution in [2.75, 3.05) is 32.4 Å². The van der Waals surface area contributed by atoms with Crippen LogP contribution in [-0.4, -0.2) is 53.3 Å². The number of piperazine rings is 1. The third-order valence-electron chi connectivity index (χ3n) is 3.80. The maximum Gasteiger partial charge on any atom is 0.256 e. The van der Waals surface area contributed by atoms with E-state index in [0.717, 1.165) is 10.8 Å². The fraction of sp³-hybridized carbons (Fsp3) is 0.267. The van der Waals surface area contributed by atoms with Gasteiger partial charge in [-0.1, -0.05) is 24.3 Å². The maximum atomic E-state index is 12.7. The van der Waals surface area contributed by atoms with E-state index in [1.165, 1.54) is 6.20 Å². The van der Waals surface area contributed by atoms with Gasteiger partial charge >= 0.3 is 0 Å². The number of nitrogen functional groups attached to an aromatic ring is 1. The molecule has 0 bridgehead atoms. The quantitative estimate of drug-likeness (QED) is 0.837. The van der Waals surface area contributed by atoms with Gasteiger partial charge in [-0.2, -0.15) is 0 Å². The summed E-state index contributed by atoms with van der Waals surface area (Å²) in [4.78, 5) is 31.7. The second kappa shape index (κ2) is 5.05. The van der Waals surface area contributed by atoms with Crippen LogP contribution in [0.5, 0.6) is 0 Å². The van der Waals surface area contributed by atoms with Crippen molar-refractivity contribution in [2.45, 2.75) is 0 Å². The molecule has 3 rings (SSSR count). The van der Waals surface area contributed by atoms with Crippen molar-refractivity contribution in [1.29, 1.82) is 0 Å². The number of rotatable bonds is 1. The number of aromatic nitrogens is 1. The van der Waals surface area contributed by atoms with E-state index < -0.39 is 0 Å². The largest absolute Gasteiger partial charge is 0.383 e. The van der Waals surface area contributed by atoms with Gasteiger partial charge < -0.3 is 15.5 Å². The number of anilines is 1. The number of amides is 2. The molecule has 0 radical (unpaired) electrons. The van der Waals surface area contributed by atoms with Gasteiger partial charge in [0.2, 0.25) is 5.91 Å². The van der Waals surface area contributed by atoms with E-state index in [-0.39, 0.29) is 18.4 Å². The summed E-state index contributed by atoms with van der Waals surface area (Å²) >= 11 is 0. The zero-order valence-corrected chi connectivity index (χ0v) is 11.7. The van der Waals surface area contributed by atoms with Crippen molar-refractivity contribution < 1.29 is 9.59 Å². The summed E-state index contributed by atoms with van der Waals surface area (Å²) in [6.45, 7) is 1.18. The van der Waals surface area contributed by atoms with Gasteiger partial charge in [-0.3, -0.25) is 9.59 Å². The van der Waals surface area contributed by atoms with Crippen LogP contribution in [-0.2, 0) is 4.79 Å². The lowest BCUT2D eigenvalue weighted by Crippen LogP contribution is -2.50. The Bertz CT molecular complexity index is 729. The molecule has 1 aliphatic heterocycles. The summed E-state index contributed by atoms with van der Waals surface area (Å²) in [5, 5.41) is 1.52. The number of likely N-dealkylation sites (N-methyl/N-ethyl adjacent to an activating group) is 1. The third-order valence-corrected chi connectivity index (χ3v) is 3.80. The molecular formula is C15H16N4O2. The number of fused-ring (bicyclic) bond motifs is 1. The highest BCUT2D eigenvalue weighted by molar-refractivity contribution is 6.09. The van der Waals surface area contributed by atoms with Crippen molar-refractivity contribution in [3.63, 3.8) is 0 Å². The predicted molar refractivity (Wildman–Crippen MR) is 79.7 cm³/mol. The molecule has 21 heavy (non-hydrogen) atoms. The minimum Gasteiger partial charge on any atom is -0.383 e. The Labute approximate surface area is 122 Å². The molecule has 2 amide bonds. The summed E-state index contributed by atoms with van der Waals surface area (Å²) in [6, 6.07) is 7.39. The van der Waals surface area contributed by atoms with E-state index in [2.05, 4.69) is 4.98 Å². The minimum absolute atomic E-state index is 0.0534. The van der Waals surface area contributed by atoms with E-state index >= 15 is 0 Å². The second-order valence-electron chi connectivity index (χ2n) is 5.14. The predicted octanol–water partition coefficient (Wildman–Crippen LogP) is 0.731. The molecule has 0 atom stereocenters. The molecule has 0 unspecified atom stereocenters. The summed E-state index contributed by atoms with van der Waals surface area (Å²) < 4.78 is 0. The van der Waals surface area contributed by atoms with Crippen LogP contribution in [0.1, 0.15) is 10.4 Å². The van der Waals surface area contributed by atoms with Gasteiger partial charge in [0, 0.05) is 31.7 Å². The van der Waals surface area contributed by atoms with E-state index in [9.17, 15) is 9.59 Å². The van der Waals surface area contributed by atoms with Gasteiger partial charge in [0.05, 0.1) is 5.56 Å². The van der Waals surface area contributed by atoms with Crippen LogP contribution in [0.15, 0.2) is 30.5 Å². The standard InChI is InChI=1S/C15H16N4O2/c1-18-6-7-19(9-13(18)20)15(21)12-8-17-14(16)11-5-3-2-4-10(11)12/h2-5,8H,6-7,9H2,1H3,(H2,16,17). The van der Waals surface area contributed by atoms with Crippen LogP contribution in [0.2, 0.25) is 0 Å². The smallest absolute Gasteiger partial charge is 0.256 e. The normalized spacial score (nSPS) is 15.6. The van der Waals surface area contributed by atoms with Crippen LogP contribution in [0.3, 0.4) is 0 Å². The zero-order chi connectivity index (χ0) is 15.0. The lowest BCUT2D eigenvalue weighted by atomic mass is 10.1.